The number of rotatable bonds is 6. The highest BCUT2D eigenvalue weighted by atomic mass is 32.2. The van der Waals surface area contributed by atoms with E-state index >= 15 is 0 Å². The Morgan fingerprint density at radius 2 is 1.83 bits per heavy atom. The van der Waals surface area contributed by atoms with Gasteiger partial charge in [0.25, 0.3) is 10.2 Å². The minimum absolute atomic E-state index is 0.0586. The molecule has 2 rings (SSSR count). The second-order valence-corrected chi connectivity index (χ2v) is 7.47. The molecule has 8 heteroatoms. The van der Waals surface area contributed by atoms with Crippen LogP contribution >= 0.6 is 0 Å². The van der Waals surface area contributed by atoms with Gasteiger partial charge in [0.05, 0.1) is 12.0 Å². The van der Waals surface area contributed by atoms with Gasteiger partial charge in [-0.15, -0.1) is 0 Å². The molecule has 1 aliphatic rings. The third-order valence-electron chi connectivity index (χ3n) is 3.80. The molecule has 0 bridgehead atoms. The minimum atomic E-state index is -3.54. The molecule has 128 valence electrons. The number of benzene rings is 1. The number of anilines is 2. The molecular weight excluding hydrogens is 318 g/mol. The number of amides is 1. The van der Waals surface area contributed by atoms with Crippen molar-refractivity contribution in [3.8, 4) is 0 Å². The van der Waals surface area contributed by atoms with Crippen LogP contribution in [0.2, 0.25) is 0 Å². The Balaban J connectivity index is 1.99. The quantitative estimate of drug-likeness (QED) is 0.731. The molecule has 1 aromatic rings. The summed E-state index contributed by atoms with van der Waals surface area (Å²) in [4.78, 5) is 12.4. The second-order valence-electron chi connectivity index (χ2n) is 5.85. The topological polar surface area (TPSA) is 96.5 Å². The Bertz CT molecular complexity index is 643. The highest BCUT2D eigenvalue weighted by Gasteiger charge is 2.35. The predicted molar refractivity (Wildman–Crippen MR) is 89.4 cm³/mol. The van der Waals surface area contributed by atoms with Crippen molar-refractivity contribution in [1.82, 2.24) is 4.72 Å². The summed E-state index contributed by atoms with van der Waals surface area (Å²) in [6.45, 7) is 4.68. The Morgan fingerprint density at radius 1 is 1.22 bits per heavy atom. The summed E-state index contributed by atoms with van der Waals surface area (Å²) < 4.78 is 32.9. The van der Waals surface area contributed by atoms with E-state index in [1.807, 2.05) is 13.8 Å². The Labute approximate surface area is 137 Å². The van der Waals surface area contributed by atoms with E-state index in [1.54, 1.807) is 24.3 Å². The van der Waals surface area contributed by atoms with Crippen LogP contribution in [-0.2, 0) is 19.7 Å². The van der Waals surface area contributed by atoms with Crippen molar-refractivity contribution in [2.45, 2.75) is 26.4 Å². The molecule has 0 unspecified atom stereocenters. The first-order chi connectivity index (χ1) is 10.8. The van der Waals surface area contributed by atoms with Crippen molar-refractivity contribution in [2.75, 3.05) is 23.7 Å². The summed E-state index contributed by atoms with van der Waals surface area (Å²) in [7, 11) is -2.22. The smallest absolute Gasteiger partial charge is 0.298 e. The summed E-state index contributed by atoms with van der Waals surface area (Å²) in [6.07, 6.45) is 0.658. The molecule has 7 nitrogen and oxygen atoms in total. The monoisotopic (exact) mass is 341 g/mol. The van der Waals surface area contributed by atoms with Crippen LogP contribution in [0.15, 0.2) is 24.3 Å². The third-order valence-corrected chi connectivity index (χ3v) is 4.84. The molecule has 0 radical (unpaired) electrons. The van der Waals surface area contributed by atoms with Crippen molar-refractivity contribution < 1.29 is 17.9 Å². The molecule has 0 aromatic heterocycles. The SMILES string of the molecule is CNS(=O)(=O)Nc1ccc(NC(=O)[C@H]2CCO[C@@H]2C(C)C)cc1. The predicted octanol–water partition coefficient (Wildman–Crippen LogP) is 1.56. The van der Waals surface area contributed by atoms with Crippen molar-refractivity contribution in [3.63, 3.8) is 0 Å². The number of carbonyl (C=O) groups excluding carboxylic acids is 1. The molecule has 1 aromatic carbocycles. The maximum absolute atomic E-state index is 12.4. The van der Waals surface area contributed by atoms with Crippen LogP contribution < -0.4 is 14.8 Å². The normalized spacial score (nSPS) is 21.4. The van der Waals surface area contributed by atoms with Gasteiger partial charge in [0.15, 0.2) is 0 Å². The van der Waals surface area contributed by atoms with Crippen molar-refractivity contribution in [1.29, 1.82) is 0 Å². The van der Waals surface area contributed by atoms with Gasteiger partial charge < -0.3 is 10.1 Å². The first kappa shape index (κ1) is 17.7. The first-order valence-electron chi connectivity index (χ1n) is 7.56. The average Bonchev–Trinajstić information content (AvgIpc) is 2.99. The van der Waals surface area contributed by atoms with Gasteiger partial charge in [0.1, 0.15) is 0 Å². The van der Waals surface area contributed by atoms with Gasteiger partial charge >= 0.3 is 0 Å². The van der Waals surface area contributed by atoms with Crippen molar-refractivity contribution in [2.24, 2.45) is 11.8 Å². The number of hydrogen-bond acceptors (Lipinski definition) is 4. The Morgan fingerprint density at radius 3 is 2.39 bits per heavy atom. The van der Waals surface area contributed by atoms with E-state index in [1.165, 1.54) is 7.05 Å². The molecule has 23 heavy (non-hydrogen) atoms. The average molecular weight is 341 g/mol. The van der Waals surface area contributed by atoms with E-state index in [9.17, 15) is 13.2 Å². The first-order valence-corrected chi connectivity index (χ1v) is 9.04. The molecule has 0 saturated carbocycles. The molecule has 1 heterocycles. The largest absolute Gasteiger partial charge is 0.377 e. The number of carbonyl (C=O) groups is 1. The summed E-state index contributed by atoms with van der Waals surface area (Å²) in [6, 6.07) is 6.50. The number of ether oxygens (including phenoxy) is 1. The van der Waals surface area contributed by atoms with Crippen LogP contribution in [0.25, 0.3) is 0 Å². The summed E-state index contributed by atoms with van der Waals surface area (Å²) in [5.41, 5.74) is 1.04. The highest BCUT2D eigenvalue weighted by molar-refractivity contribution is 7.90. The van der Waals surface area contributed by atoms with Gasteiger partial charge in [-0.1, -0.05) is 13.8 Å². The zero-order chi connectivity index (χ0) is 17.0. The molecule has 3 N–H and O–H groups in total. The van der Waals surface area contributed by atoms with Crippen LogP contribution in [0.1, 0.15) is 20.3 Å². The van der Waals surface area contributed by atoms with Gasteiger partial charge in [-0.25, -0.2) is 4.72 Å². The van der Waals surface area contributed by atoms with E-state index in [0.717, 1.165) is 0 Å². The minimum Gasteiger partial charge on any atom is -0.377 e. The van der Waals surface area contributed by atoms with E-state index < -0.39 is 10.2 Å². The van der Waals surface area contributed by atoms with Gasteiger partial charge in [-0.2, -0.15) is 8.42 Å². The highest BCUT2D eigenvalue weighted by Crippen LogP contribution is 2.28. The van der Waals surface area contributed by atoms with Crippen molar-refractivity contribution >= 4 is 27.5 Å². The second kappa shape index (κ2) is 7.29. The van der Waals surface area contributed by atoms with Crippen LogP contribution in [-0.4, -0.2) is 34.1 Å². The lowest BCUT2D eigenvalue weighted by atomic mass is 9.92. The van der Waals surface area contributed by atoms with Gasteiger partial charge in [0, 0.05) is 25.0 Å². The van der Waals surface area contributed by atoms with E-state index in [-0.39, 0.29) is 23.8 Å². The molecule has 1 saturated heterocycles. The van der Waals surface area contributed by atoms with Crippen LogP contribution in [0.4, 0.5) is 11.4 Å². The summed E-state index contributed by atoms with van der Waals surface area (Å²) in [5, 5.41) is 2.86. The fourth-order valence-electron chi connectivity index (χ4n) is 2.61. The van der Waals surface area contributed by atoms with Crippen LogP contribution in [0.5, 0.6) is 0 Å². The zero-order valence-corrected chi connectivity index (χ0v) is 14.3. The lowest BCUT2D eigenvalue weighted by Gasteiger charge is -2.21. The van der Waals surface area contributed by atoms with Gasteiger partial charge in [0.2, 0.25) is 5.91 Å². The van der Waals surface area contributed by atoms with E-state index in [0.29, 0.717) is 24.4 Å². The third kappa shape index (κ3) is 4.66. The van der Waals surface area contributed by atoms with E-state index in [4.69, 9.17) is 4.74 Å². The number of nitrogens with one attached hydrogen (secondary N) is 3. The lowest BCUT2D eigenvalue weighted by molar-refractivity contribution is -0.122. The van der Waals surface area contributed by atoms with E-state index in [2.05, 4.69) is 14.8 Å². The number of hydrogen-bond donors (Lipinski definition) is 3. The molecule has 2 atom stereocenters. The summed E-state index contributed by atoms with van der Waals surface area (Å²) >= 11 is 0. The zero-order valence-electron chi connectivity index (χ0n) is 13.5. The van der Waals surface area contributed by atoms with Crippen molar-refractivity contribution in [3.05, 3.63) is 24.3 Å². The Hall–Kier alpha value is -1.64. The molecular formula is C15H23N3O4S. The molecule has 1 aliphatic heterocycles. The van der Waals surface area contributed by atoms with Gasteiger partial charge in [-0.05, 0) is 36.6 Å². The standard InChI is InChI=1S/C15H23N3O4S/c1-10(2)14-13(8-9-22-14)15(19)17-11-4-6-12(7-5-11)18-23(20,21)16-3/h4-7,10,13-14,16,18H,8-9H2,1-3H3,(H,17,19)/t13-,14+/m0/s1. The summed E-state index contributed by atoms with van der Waals surface area (Å²) in [5.74, 6) is 0.0637. The lowest BCUT2D eigenvalue weighted by Crippen LogP contribution is -2.32. The Kier molecular flexibility index (Phi) is 5.61. The maximum atomic E-state index is 12.4. The fraction of sp³-hybridized carbons (Fsp3) is 0.533. The molecule has 0 aliphatic carbocycles. The molecule has 1 fully saturated rings. The molecule has 1 amide bonds. The van der Waals surface area contributed by atoms with Gasteiger partial charge in [-0.3, -0.25) is 9.52 Å². The van der Waals surface area contributed by atoms with Crippen LogP contribution in [0.3, 0.4) is 0 Å². The maximum Gasteiger partial charge on any atom is 0.298 e. The molecule has 0 spiro atoms. The van der Waals surface area contributed by atoms with Crippen LogP contribution in [0, 0.1) is 11.8 Å². The fourth-order valence-corrected chi connectivity index (χ4v) is 3.16.